The molecule has 0 radical (unpaired) electrons. The molecule has 1 aromatic heterocycles. The van der Waals surface area contributed by atoms with Gasteiger partial charge in [0.25, 0.3) is 5.91 Å². The van der Waals surface area contributed by atoms with Crippen LogP contribution in [0.15, 0.2) is 30.6 Å². The van der Waals surface area contributed by atoms with Crippen molar-refractivity contribution in [3.8, 4) is 0 Å². The summed E-state index contributed by atoms with van der Waals surface area (Å²) >= 11 is 0. The van der Waals surface area contributed by atoms with E-state index in [2.05, 4.69) is 10.3 Å². The van der Waals surface area contributed by atoms with Gasteiger partial charge in [-0.2, -0.15) is 0 Å². The van der Waals surface area contributed by atoms with Crippen LogP contribution in [0.25, 0.3) is 10.8 Å². The normalized spacial score (nSPS) is 10.2. The molecule has 0 fully saturated rings. The van der Waals surface area contributed by atoms with Crippen LogP contribution in [0.1, 0.15) is 10.4 Å². The van der Waals surface area contributed by atoms with Gasteiger partial charge < -0.3 is 10.3 Å². The first-order chi connectivity index (χ1) is 6.31. The van der Waals surface area contributed by atoms with Crippen molar-refractivity contribution in [2.24, 2.45) is 0 Å². The minimum Gasteiger partial charge on any atom is -0.366 e. The molecule has 0 unspecified atom stereocenters. The highest BCUT2D eigenvalue weighted by Crippen LogP contribution is 2.14. The molecule has 0 aliphatic heterocycles. The molecule has 1 heterocycles. The minimum atomic E-state index is -0.0527. The zero-order valence-corrected chi connectivity index (χ0v) is 7.29. The van der Waals surface area contributed by atoms with E-state index in [1.165, 1.54) is 0 Å². The van der Waals surface area contributed by atoms with Crippen molar-refractivity contribution in [1.29, 1.82) is 0 Å². The zero-order valence-electron chi connectivity index (χ0n) is 7.29. The van der Waals surface area contributed by atoms with Crippen LogP contribution in [0.2, 0.25) is 0 Å². The van der Waals surface area contributed by atoms with Crippen LogP contribution in [0.4, 0.5) is 0 Å². The summed E-state index contributed by atoms with van der Waals surface area (Å²) in [5.74, 6) is -0.0527. The molecule has 3 nitrogen and oxygen atoms in total. The van der Waals surface area contributed by atoms with Crippen LogP contribution in [-0.2, 0) is 0 Å². The average molecular weight is 174 g/mol. The summed E-state index contributed by atoms with van der Waals surface area (Å²) in [4.78, 5) is 14.2. The summed E-state index contributed by atoms with van der Waals surface area (Å²) in [7, 11) is 1.63. The molecule has 0 spiro atoms. The standard InChI is InChI=1S/C10H10N2O/c1-11-10(13)7-2-3-8-5-12-6-9(8)4-7/h2-6,12H,1H3,(H,11,13). The van der Waals surface area contributed by atoms with E-state index in [-0.39, 0.29) is 5.91 Å². The second kappa shape index (κ2) is 2.94. The molecular formula is C10H10N2O. The molecule has 0 aliphatic rings. The number of hydrogen-bond acceptors (Lipinski definition) is 1. The van der Waals surface area contributed by atoms with E-state index in [1.54, 1.807) is 7.05 Å². The molecule has 0 saturated carbocycles. The first-order valence-electron chi connectivity index (χ1n) is 4.10. The lowest BCUT2D eigenvalue weighted by molar-refractivity contribution is 0.0963. The monoisotopic (exact) mass is 174 g/mol. The third kappa shape index (κ3) is 1.28. The van der Waals surface area contributed by atoms with Crippen molar-refractivity contribution in [3.63, 3.8) is 0 Å². The maximum Gasteiger partial charge on any atom is 0.251 e. The Hall–Kier alpha value is -1.77. The third-order valence-corrected chi connectivity index (χ3v) is 2.05. The Labute approximate surface area is 75.8 Å². The number of aromatic amines is 1. The van der Waals surface area contributed by atoms with Gasteiger partial charge in [0.15, 0.2) is 0 Å². The maximum atomic E-state index is 11.3. The summed E-state index contributed by atoms with van der Waals surface area (Å²) in [6.45, 7) is 0. The molecule has 2 rings (SSSR count). The van der Waals surface area contributed by atoms with E-state index in [9.17, 15) is 4.79 Å². The Morgan fingerprint density at radius 3 is 2.85 bits per heavy atom. The Kier molecular flexibility index (Phi) is 1.77. The fraction of sp³-hybridized carbons (Fsp3) is 0.100. The highest BCUT2D eigenvalue weighted by molar-refractivity contribution is 5.98. The summed E-state index contributed by atoms with van der Waals surface area (Å²) in [5.41, 5.74) is 0.689. The van der Waals surface area contributed by atoms with Crippen LogP contribution in [0.5, 0.6) is 0 Å². The van der Waals surface area contributed by atoms with Crippen molar-refractivity contribution in [3.05, 3.63) is 36.2 Å². The molecule has 2 N–H and O–H groups in total. The lowest BCUT2D eigenvalue weighted by Crippen LogP contribution is -2.17. The van der Waals surface area contributed by atoms with Crippen LogP contribution in [0, 0.1) is 0 Å². The van der Waals surface area contributed by atoms with Gasteiger partial charge in [-0.15, -0.1) is 0 Å². The molecule has 66 valence electrons. The number of H-pyrrole nitrogens is 1. The summed E-state index contributed by atoms with van der Waals surface area (Å²) in [5, 5.41) is 4.76. The summed E-state index contributed by atoms with van der Waals surface area (Å²) in [6.07, 6.45) is 3.78. The van der Waals surface area contributed by atoms with E-state index in [1.807, 2.05) is 30.6 Å². The van der Waals surface area contributed by atoms with E-state index in [0.717, 1.165) is 10.8 Å². The fourth-order valence-electron chi connectivity index (χ4n) is 1.34. The Balaban J connectivity index is 2.54. The third-order valence-electron chi connectivity index (χ3n) is 2.05. The van der Waals surface area contributed by atoms with E-state index >= 15 is 0 Å². The SMILES string of the molecule is CNC(=O)c1ccc2c[nH]cc2c1. The first-order valence-corrected chi connectivity index (χ1v) is 4.10. The second-order valence-electron chi connectivity index (χ2n) is 2.88. The number of fused-ring (bicyclic) bond motifs is 1. The van der Waals surface area contributed by atoms with Crippen LogP contribution in [0.3, 0.4) is 0 Å². The number of benzene rings is 1. The topological polar surface area (TPSA) is 44.9 Å². The van der Waals surface area contributed by atoms with Gasteiger partial charge in [-0.25, -0.2) is 0 Å². The highest BCUT2D eigenvalue weighted by Gasteiger charge is 2.03. The van der Waals surface area contributed by atoms with E-state index in [4.69, 9.17) is 0 Å². The Morgan fingerprint density at radius 1 is 1.31 bits per heavy atom. The maximum absolute atomic E-state index is 11.3. The zero-order chi connectivity index (χ0) is 9.26. The Morgan fingerprint density at radius 2 is 2.08 bits per heavy atom. The minimum absolute atomic E-state index is 0.0527. The molecular weight excluding hydrogens is 164 g/mol. The highest BCUT2D eigenvalue weighted by atomic mass is 16.1. The van der Waals surface area contributed by atoms with Gasteiger partial charge in [-0.05, 0) is 22.9 Å². The number of aromatic nitrogens is 1. The lowest BCUT2D eigenvalue weighted by atomic mass is 10.1. The first kappa shape index (κ1) is 7.86. The van der Waals surface area contributed by atoms with Gasteiger partial charge in [0.2, 0.25) is 0 Å². The van der Waals surface area contributed by atoms with Gasteiger partial charge in [0.05, 0.1) is 0 Å². The number of carbonyl (C=O) groups excluding carboxylic acids is 1. The molecule has 0 atom stereocenters. The predicted molar refractivity (Wildman–Crippen MR) is 51.7 cm³/mol. The molecule has 0 bridgehead atoms. The largest absolute Gasteiger partial charge is 0.366 e. The molecule has 13 heavy (non-hydrogen) atoms. The van der Waals surface area contributed by atoms with Gasteiger partial charge in [-0.1, -0.05) is 6.07 Å². The van der Waals surface area contributed by atoms with Crippen LogP contribution >= 0.6 is 0 Å². The number of rotatable bonds is 1. The Bertz CT molecular complexity index is 445. The van der Waals surface area contributed by atoms with Gasteiger partial charge in [0, 0.05) is 25.0 Å². The second-order valence-corrected chi connectivity index (χ2v) is 2.88. The van der Waals surface area contributed by atoms with Crippen LogP contribution < -0.4 is 5.32 Å². The van der Waals surface area contributed by atoms with Gasteiger partial charge in [0.1, 0.15) is 0 Å². The molecule has 1 aromatic carbocycles. The predicted octanol–water partition coefficient (Wildman–Crippen LogP) is 1.53. The van der Waals surface area contributed by atoms with Crippen molar-refractivity contribution in [2.45, 2.75) is 0 Å². The number of amides is 1. The molecule has 2 aromatic rings. The lowest BCUT2D eigenvalue weighted by Gasteiger charge is -1.98. The number of nitrogens with one attached hydrogen (secondary N) is 2. The quantitative estimate of drug-likeness (QED) is 0.676. The summed E-state index contributed by atoms with van der Waals surface area (Å²) in [6, 6.07) is 5.61. The van der Waals surface area contributed by atoms with Crippen molar-refractivity contribution < 1.29 is 4.79 Å². The number of carbonyl (C=O) groups is 1. The van der Waals surface area contributed by atoms with E-state index in [0.29, 0.717) is 5.56 Å². The van der Waals surface area contributed by atoms with Gasteiger partial charge >= 0.3 is 0 Å². The molecule has 0 saturated heterocycles. The smallest absolute Gasteiger partial charge is 0.251 e. The molecule has 3 heteroatoms. The van der Waals surface area contributed by atoms with Crippen molar-refractivity contribution >= 4 is 16.7 Å². The molecule has 1 amide bonds. The van der Waals surface area contributed by atoms with Crippen molar-refractivity contribution in [1.82, 2.24) is 10.3 Å². The van der Waals surface area contributed by atoms with Gasteiger partial charge in [-0.3, -0.25) is 4.79 Å². The van der Waals surface area contributed by atoms with E-state index < -0.39 is 0 Å². The fourth-order valence-corrected chi connectivity index (χ4v) is 1.34. The van der Waals surface area contributed by atoms with Crippen LogP contribution in [-0.4, -0.2) is 17.9 Å². The van der Waals surface area contributed by atoms with Crippen molar-refractivity contribution in [2.75, 3.05) is 7.05 Å². The molecule has 0 aliphatic carbocycles. The average Bonchev–Trinajstić information content (AvgIpc) is 2.63. The summed E-state index contributed by atoms with van der Waals surface area (Å²) < 4.78 is 0. The number of hydrogen-bond donors (Lipinski definition) is 2.